The fourth-order valence-corrected chi connectivity index (χ4v) is 9.64. The van der Waals surface area contributed by atoms with Gasteiger partial charge in [0.25, 0.3) is 8.32 Å². The number of rotatable bonds is 10. The molecule has 0 aliphatic heterocycles. The van der Waals surface area contributed by atoms with Gasteiger partial charge in [-0.3, -0.25) is 0 Å². The lowest BCUT2D eigenvalue weighted by atomic mass is 10.2. The van der Waals surface area contributed by atoms with Crippen molar-refractivity contribution in [2.75, 3.05) is 6.61 Å². The molecule has 0 aliphatic carbocycles. The third-order valence-electron chi connectivity index (χ3n) is 6.82. The Kier molecular flexibility index (Phi) is 9.39. The minimum atomic E-state index is -2.69. The summed E-state index contributed by atoms with van der Waals surface area (Å²) in [7, 11) is -4.96. The molecule has 6 heteroatoms. The molecule has 186 valence electrons. The minimum Gasteiger partial charge on any atom is -0.404 e. The van der Waals surface area contributed by atoms with Crippen molar-refractivity contribution in [2.24, 2.45) is 0 Å². The van der Waals surface area contributed by atoms with Crippen LogP contribution in [0, 0.1) is 0 Å². The SMILES string of the molecule is CC(C)(C)[Si](C)(C)O[C@@H](C=O)[C@H](F)/C=C\CO[Si](c1ccccc1)(c1ccccc1)C(C)(C)C. The van der Waals surface area contributed by atoms with Crippen LogP contribution in [0.15, 0.2) is 72.8 Å². The third kappa shape index (κ3) is 6.42. The number of hydrogen-bond acceptors (Lipinski definition) is 3. The summed E-state index contributed by atoms with van der Waals surface area (Å²) in [4.78, 5) is 11.6. The molecule has 0 fully saturated rings. The van der Waals surface area contributed by atoms with E-state index in [0.717, 1.165) is 0 Å². The lowest BCUT2D eigenvalue weighted by Gasteiger charge is -2.42. The summed E-state index contributed by atoms with van der Waals surface area (Å²) in [6.07, 6.45) is 1.05. The van der Waals surface area contributed by atoms with Crippen molar-refractivity contribution in [3.05, 3.63) is 72.8 Å². The summed E-state index contributed by atoms with van der Waals surface area (Å²) in [5, 5.41) is 2.08. The first kappa shape index (κ1) is 28.4. The predicted molar refractivity (Wildman–Crippen MR) is 146 cm³/mol. The Labute approximate surface area is 207 Å². The molecule has 2 rings (SSSR count). The number of carbonyl (C=O) groups is 1. The molecule has 3 nitrogen and oxygen atoms in total. The molecule has 2 aromatic carbocycles. The van der Waals surface area contributed by atoms with Crippen molar-refractivity contribution < 1.29 is 18.0 Å². The highest BCUT2D eigenvalue weighted by molar-refractivity contribution is 6.99. The summed E-state index contributed by atoms with van der Waals surface area (Å²) < 4.78 is 27.8. The molecule has 0 aromatic heterocycles. The number of hydrogen-bond donors (Lipinski definition) is 0. The molecule has 34 heavy (non-hydrogen) atoms. The normalized spacial score (nSPS) is 15.3. The van der Waals surface area contributed by atoms with Crippen LogP contribution < -0.4 is 10.4 Å². The van der Waals surface area contributed by atoms with Crippen LogP contribution >= 0.6 is 0 Å². The van der Waals surface area contributed by atoms with E-state index in [9.17, 15) is 4.79 Å². The maximum Gasteiger partial charge on any atom is 0.261 e. The van der Waals surface area contributed by atoms with Gasteiger partial charge in [-0.1, -0.05) is 108 Å². The topological polar surface area (TPSA) is 35.5 Å². The van der Waals surface area contributed by atoms with Gasteiger partial charge in [0, 0.05) is 0 Å². The lowest BCUT2D eigenvalue weighted by molar-refractivity contribution is -0.116. The zero-order valence-corrected chi connectivity index (χ0v) is 24.0. The van der Waals surface area contributed by atoms with Crippen LogP contribution in [0.3, 0.4) is 0 Å². The van der Waals surface area contributed by atoms with E-state index in [1.807, 2.05) is 49.5 Å². The van der Waals surface area contributed by atoms with E-state index in [-0.39, 0.29) is 16.7 Å². The zero-order chi connectivity index (χ0) is 25.6. The molecule has 0 heterocycles. The van der Waals surface area contributed by atoms with Crippen LogP contribution in [0.4, 0.5) is 4.39 Å². The Hall–Kier alpha value is -1.87. The van der Waals surface area contributed by atoms with Gasteiger partial charge in [0.2, 0.25) is 0 Å². The maximum atomic E-state index is 15.0. The van der Waals surface area contributed by atoms with Crippen LogP contribution in [-0.2, 0) is 13.6 Å². The molecular weight excluding hydrogens is 459 g/mol. The van der Waals surface area contributed by atoms with Gasteiger partial charge < -0.3 is 13.6 Å². The van der Waals surface area contributed by atoms with Crippen molar-refractivity contribution in [1.82, 2.24) is 0 Å². The first-order valence-corrected chi connectivity index (χ1v) is 16.8. The predicted octanol–water partition coefficient (Wildman–Crippen LogP) is 6.05. The molecule has 0 radical (unpaired) electrons. The molecule has 2 aromatic rings. The van der Waals surface area contributed by atoms with E-state index in [2.05, 4.69) is 65.8 Å². The van der Waals surface area contributed by atoms with Crippen molar-refractivity contribution in [3.8, 4) is 0 Å². The Morgan fingerprint density at radius 1 is 0.853 bits per heavy atom. The highest BCUT2D eigenvalue weighted by Gasteiger charge is 2.50. The molecule has 0 unspecified atom stereocenters. The monoisotopic (exact) mass is 500 g/mol. The van der Waals surface area contributed by atoms with Crippen molar-refractivity contribution in [1.29, 1.82) is 0 Å². The quantitative estimate of drug-likeness (QED) is 0.226. The first-order chi connectivity index (χ1) is 15.8. The van der Waals surface area contributed by atoms with Crippen molar-refractivity contribution >= 4 is 33.3 Å². The van der Waals surface area contributed by atoms with Gasteiger partial charge in [-0.05, 0) is 39.6 Å². The molecule has 0 saturated carbocycles. The molecule has 0 amide bonds. The van der Waals surface area contributed by atoms with E-state index < -0.39 is 28.9 Å². The molecule has 0 aliphatic rings. The molecule has 0 bridgehead atoms. The van der Waals surface area contributed by atoms with Crippen molar-refractivity contribution in [3.63, 3.8) is 0 Å². The second kappa shape index (κ2) is 11.2. The second-order valence-corrected chi connectivity index (χ2v) is 20.4. The van der Waals surface area contributed by atoms with Gasteiger partial charge in [-0.2, -0.15) is 0 Å². The van der Waals surface area contributed by atoms with Crippen LogP contribution in [-0.4, -0.2) is 41.8 Å². The summed E-state index contributed by atoms with van der Waals surface area (Å²) in [5.74, 6) is 0. The standard InChI is InChI=1S/C28H41FO3Si2/c1-27(2,3)33(7,8)32-26(22-30)25(29)20-15-21-31-34(28(4,5)6,23-16-11-9-12-17-23)24-18-13-10-14-19-24/h9-20,22,25-26H,21H2,1-8H3/b20-15-/t25-,26+/m1/s1. The Balaban J connectivity index is 2.29. The highest BCUT2D eigenvalue weighted by atomic mass is 28.4. The Bertz CT molecular complexity index is 892. The first-order valence-electron chi connectivity index (χ1n) is 11.9. The Morgan fingerprint density at radius 2 is 1.32 bits per heavy atom. The number of benzene rings is 2. The largest absolute Gasteiger partial charge is 0.404 e. The highest BCUT2D eigenvalue weighted by Crippen LogP contribution is 2.38. The zero-order valence-electron chi connectivity index (χ0n) is 22.0. The summed E-state index contributed by atoms with van der Waals surface area (Å²) in [5.41, 5.74) is 0. The molecule has 2 atom stereocenters. The van der Waals surface area contributed by atoms with Crippen LogP contribution in [0.25, 0.3) is 0 Å². The van der Waals surface area contributed by atoms with Gasteiger partial charge in [0.1, 0.15) is 6.10 Å². The van der Waals surface area contributed by atoms with Gasteiger partial charge in [-0.25, -0.2) is 4.39 Å². The molecular formula is C28H41FO3Si2. The van der Waals surface area contributed by atoms with E-state index in [1.165, 1.54) is 16.4 Å². The fourth-order valence-electron chi connectivity index (χ4n) is 3.91. The van der Waals surface area contributed by atoms with Crippen molar-refractivity contribution in [2.45, 2.75) is 77.0 Å². The molecule has 0 spiro atoms. The lowest BCUT2D eigenvalue weighted by Crippen LogP contribution is -2.66. The summed E-state index contributed by atoms with van der Waals surface area (Å²) >= 11 is 0. The van der Waals surface area contributed by atoms with E-state index in [1.54, 1.807) is 6.08 Å². The van der Waals surface area contributed by atoms with Crippen LogP contribution in [0.5, 0.6) is 0 Å². The smallest absolute Gasteiger partial charge is 0.261 e. The summed E-state index contributed by atoms with van der Waals surface area (Å²) in [6, 6.07) is 20.7. The molecule has 0 N–H and O–H groups in total. The fraction of sp³-hybridized carbons (Fsp3) is 0.464. The van der Waals surface area contributed by atoms with E-state index in [4.69, 9.17) is 8.85 Å². The van der Waals surface area contributed by atoms with E-state index >= 15 is 4.39 Å². The average Bonchev–Trinajstić information content (AvgIpc) is 2.77. The van der Waals surface area contributed by atoms with Crippen LogP contribution in [0.2, 0.25) is 23.2 Å². The van der Waals surface area contributed by atoms with Gasteiger partial charge in [-0.15, -0.1) is 0 Å². The number of alkyl halides is 1. The van der Waals surface area contributed by atoms with Crippen LogP contribution in [0.1, 0.15) is 41.5 Å². The average molecular weight is 501 g/mol. The summed E-state index contributed by atoms with van der Waals surface area (Å²) in [6.45, 7) is 17.1. The van der Waals surface area contributed by atoms with Gasteiger partial charge in [0.15, 0.2) is 20.8 Å². The second-order valence-electron chi connectivity index (χ2n) is 11.3. The third-order valence-corrected chi connectivity index (χ3v) is 16.3. The Morgan fingerprint density at radius 3 is 1.71 bits per heavy atom. The van der Waals surface area contributed by atoms with E-state index in [0.29, 0.717) is 6.29 Å². The number of carbonyl (C=O) groups excluding carboxylic acids is 1. The van der Waals surface area contributed by atoms with Gasteiger partial charge >= 0.3 is 0 Å². The number of aldehydes is 1. The van der Waals surface area contributed by atoms with Gasteiger partial charge in [0.05, 0.1) is 6.61 Å². The maximum absolute atomic E-state index is 15.0. The molecule has 0 saturated heterocycles. The number of halogens is 1. The minimum absolute atomic E-state index is 0.107.